The fourth-order valence-corrected chi connectivity index (χ4v) is 4.47. The van der Waals surface area contributed by atoms with Gasteiger partial charge in [-0.3, -0.25) is 14.4 Å². The van der Waals surface area contributed by atoms with Crippen molar-refractivity contribution in [3.8, 4) is 0 Å². The van der Waals surface area contributed by atoms with Gasteiger partial charge in [0.05, 0.1) is 47.5 Å². The van der Waals surface area contributed by atoms with Gasteiger partial charge >= 0.3 is 12.1 Å². The summed E-state index contributed by atoms with van der Waals surface area (Å²) in [4.78, 5) is 39.4. The molecule has 1 aromatic heterocycles. The van der Waals surface area contributed by atoms with Gasteiger partial charge in [-0.25, -0.2) is 18.7 Å². The van der Waals surface area contributed by atoms with Crippen LogP contribution in [0.4, 0.5) is 20.6 Å². The van der Waals surface area contributed by atoms with Crippen LogP contribution in [0.1, 0.15) is 10.4 Å². The number of rotatable bonds is 4. The molecule has 3 heterocycles. The molecule has 172 valence electrons. The van der Waals surface area contributed by atoms with Crippen LogP contribution in [0.2, 0.25) is 0 Å². The zero-order chi connectivity index (χ0) is 23.3. The van der Waals surface area contributed by atoms with Crippen LogP contribution in [-0.4, -0.2) is 58.8 Å². The number of nitrogens with two attached hydrogens (primary N) is 1. The Labute approximate surface area is 187 Å². The molecule has 11 heteroatoms. The number of carboxylic acids is 1. The second-order valence-electron chi connectivity index (χ2n) is 8.06. The highest BCUT2D eigenvalue weighted by Crippen LogP contribution is 2.28. The number of fused-ring (bicyclic) bond motifs is 3. The number of hydrogen-bond donors (Lipinski definition) is 2. The lowest BCUT2D eigenvalue weighted by Crippen LogP contribution is -2.29. The Bertz CT molecular complexity index is 1330. The highest BCUT2D eigenvalue weighted by atomic mass is 19.1. The normalized spacial score (nSPS) is 18.4. The summed E-state index contributed by atoms with van der Waals surface area (Å²) in [5.74, 6) is -1.57. The van der Waals surface area contributed by atoms with Crippen LogP contribution in [0.25, 0.3) is 10.9 Å². The van der Waals surface area contributed by atoms with Crippen molar-refractivity contribution >= 4 is 34.3 Å². The van der Waals surface area contributed by atoms with Crippen molar-refractivity contribution in [1.29, 1.82) is 0 Å². The number of nitrogens with zero attached hydrogens (tertiary/aromatic N) is 4. The van der Waals surface area contributed by atoms with Gasteiger partial charge in [-0.2, -0.15) is 0 Å². The van der Waals surface area contributed by atoms with Gasteiger partial charge in [-0.15, -0.1) is 0 Å². The molecule has 0 aliphatic carbocycles. The zero-order valence-corrected chi connectivity index (χ0v) is 17.6. The van der Waals surface area contributed by atoms with E-state index in [1.54, 1.807) is 22.9 Å². The van der Waals surface area contributed by atoms with Gasteiger partial charge in [0.2, 0.25) is 0 Å². The lowest BCUT2D eigenvalue weighted by molar-refractivity contribution is 0.0697. The molecular weight excluding hydrogens is 433 g/mol. The summed E-state index contributed by atoms with van der Waals surface area (Å²) in [5.41, 5.74) is 6.76. The first-order valence-electron chi connectivity index (χ1n) is 10.6. The van der Waals surface area contributed by atoms with E-state index >= 15 is 4.39 Å². The Kier molecular flexibility index (Phi) is 5.05. The standard InChI is InChI=1S/C22H22FN5O5/c23-17-10-14(26-12-15(11-24)33-22(26)32)2-4-19(17)25-5-7-27-18-3-1-13(21(30)31)9-16(18)20(29)28(27)8-6-25/h1-4,9-10,15H,5-8,11-12,24H2,(H,30,31)/t15-/m0/s1. The van der Waals surface area contributed by atoms with Crippen molar-refractivity contribution in [2.45, 2.75) is 19.2 Å². The summed E-state index contributed by atoms with van der Waals surface area (Å²) in [6.07, 6.45) is -0.968. The molecule has 1 fully saturated rings. The number of halogens is 1. The van der Waals surface area contributed by atoms with E-state index in [1.807, 2.05) is 9.58 Å². The minimum atomic E-state index is -1.09. The Morgan fingerprint density at radius 1 is 1.09 bits per heavy atom. The smallest absolute Gasteiger partial charge is 0.414 e. The topological polar surface area (TPSA) is 123 Å². The number of aromatic carboxylic acids is 1. The summed E-state index contributed by atoms with van der Waals surface area (Å²) in [5, 5.41) is 9.56. The van der Waals surface area contributed by atoms with E-state index in [-0.39, 0.29) is 24.2 Å². The van der Waals surface area contributed by atoms with Gasteiger partial charge in [-0.05, 0) is 36.4 Å². The van der Waals surface area contributed by atoms with Crippen molar-refractivity contribution in [1.82, 2.24) is 9.36 Å². The highest BCUT2D eigenvalue weighted by molar-refractivity contribution is 5.93. The molecule has 0 unspecified atom stereocenters. The second kappa shape index (κ2) is 7.93. The number of amides is 1. The average Bonchev–Trinajstić information content (AvgIpc) is 3.21. The zero-order valence-electron chi connectivity index (χ0n) is 17.6. The van der Waals surface area contributed by atoms with Crippen LogP contribution in [0.15, 0.2) is 41.2 Å². The number of hydrogen-bond acceptors (Lipinski definition) is 6. The molecule has 3 N–H and O–H groups in total. The van der Waals surface area contributed by atoms with Gasteiger partial charge in [0.25, 0.3) is 5.56 Å². The third-order valence-corrected chi connectivity index (χ3v) is 6.16. The molecule has 0 radical (unpaired) electrons. The molecular formula is C22H22FN5O5. The Balaban J connectivity index is 1.40. The largest absolute Gasteiger partial charge is 0.478 e. The monoisotopic (exact) mass is 455 g/mol. The van der Waals surface area contributed by atoms with Gasteiger partial charge in [0.15, 0.2) is 0 Å². The molecule has 2 aliphatic rings. The van der Waals surface area contributed by atoms with Crippen LogP contribution in [-0.2, 0) is 17.8 Å². The van der Waals surface area contributed by atoms with E-state index in [2.05, 4.69) is 0 Å². The number of carbonyl (C=O) groups excluding carboxylic acids is 1. The molecule has 1 atom stereocenters. The van der Waals surface area contributed by atoms with Crippen molar-refractivity contribution in [2.75, 3.05) is 36.0 Å². The Morgan fingerprint density at radius 3 is 2.52 bits per heavy atom. The summed E-state index contributed by atoms with van der Waals surface area (Å²) in [6, 6.07) is 9.08. The summed E-state index contributed by atoms with van der Waals surface area (Å²) < 4.78 is 23.6. The number of benzene rings is 2. The van der Waals surface area contributed by atoms with Crippen LogP contribution >= 0.6 is 0 Å². The molecule has 2 aromatic carbocycles. The molecule has 33 heavy (non-hydrogen) atoms. The maximum absolute atomic E-state index is 15.1. The first-order valence-corrected chi connectivity index (χ1v) is 10.6. The predicted octanol–water partition coefficient (Wildman–Crippen LogP) is 1.44. The van der Waals surface area contributed by atoms with E-state index in [9.17, 15) is 19.5 Å². The molecule has 0 spiro atoms. The number of aromatic nitrogens is 2. The van der Waals surface area contributed by atoms with E-state index < -0.39 is 24.0 Å². The van der Waals surface area contributed by atoms with Crippen LogP contribution in [0, 0.1) is 5.82 Å². The van der Waals surface area contributed by atoms with E-state index in [0.29, 0.717) is 48.5 Å². The molecule has 3 aromatic rings. The van der Waals surface area contributed by atoms with E-state index in [0.717, 1.165) is 0 Å². The fourth-order valence-electron chi connectivity index (χ4n) is 4.47. The van der Waals surface area contributed by atoms with Gasteiger partial charge in [0.1, 0.15) is 11.9 Å². The molecule has 0 saturated carbocycles. The van der Waals surface area contributed by atoms with E-state index in [4.69, 9.17) is 10.5 Å². The third-order valence-electron chi connectivity index (χ3n) is 6.16. The Hall–Kier alpha value is -3.86. The maximum Gasteiger partial charge on any atom is 0.414 e. The van der Waals surface area contributed by atoms with Crippen molar-refractivity contribution in [2.24, 2.45) is 5.73 Å². The molecule has 10 nitrogen and oxygen atoms in total. The summed E-state index contributed by atoms with van der Waals surface area (Å²) >= 11 is 0. The molecule has 2 aliphatic heterocycles. The number of carbonyl (C=O) groups is 2. The third kappa shape index (κ3) is 3.50. The number of anilines is 2. The number of cyclic esters (lactones) is 1. The van der Waals surface area contributed by atoms with E-state index in [1.165, 1.54) is 23.1 Å². The lowest BCUT2D eigenvalue weighted by Gasteiger charge is -2.24. The van der Waals surface area contributed by atoms with Crippen molar-refractivity contribution < 1.29 is 23.8 Å². The van der Waals surface area contributed by atoms with Crippen LogP contribution < -0.4 is 21.1 Å². The molecule has 0 bridgehead atoms. The molecule has 1 amide bonds. The minimum absolute atomic E-state index is 0.0596. The highest BCUT2D eigenvalue weighted by Gasteiger charge is 2.32. The second-order valence-corrected chi connectivity index (χ2v) is 8.06. The number of ether oxygens (including phenoxy) is 1. The lowest BCUT2D eigenvalue weighted by atomic mass is 10.1. The first-order chi connectivity index (χ1) is 15.9. The van der Waals surface area contributed by atoms with Crippen LogP contribution in [0.3, 0.4) is 0 Å². The summed E-state index contributed by atoms with van der Waals surface area (Å²) in [7, 11) is 0. The van der Waals surface area contributed by atoms with Crippen molar-refractivity contribution in [3.05, 3.63) is 58.1 Å². The Morgan fingerprint density at radius 2 is 1.85 bits per heavy atom. The van der Waals surface area contributed by atoms with Gasteiger partial charge in [0, 0.05) is 19.6 Å². The average molecular weight is 455 g/mol. The fraction of sp³-hybridized carbons (Fsp3) is 0.318. The summed E-state index contributed by atoms with van der Waals surface area (Å²) in [6.45, 7) is 2.03. The van der Waals surface area contributed by atoms with Crippen molar-refractivity contribution in [3.63, 3.8) is 0 Å². The SMILES string of the molecule is NC[C@H]1CN(c2ccc(N3CCn4c(=O)c5cc(C(=O)O)ccc5n4CC3)c(F)c2)C(=O)O1. The van der Waals surface area contributed by atoms with Gasteiger partial charge < -0.3 is 20.5 Å². The van der Waals surface area contributed by atoms with Crippen LogP contribution in [0.5, 0.6) is 0 Å². The molecule has 1 saturated heterocycles. The predicted molar refractivity (Wildman–Crippen MR) is 118 cm³/mol. The minimum Gasteiger partial charge on any atom is -0.478 e. The number of carboxylic acid groups (broad SMARTS) is 1. The first kappa shape index (κ1) is 21.0. The maximum atomic E-state index is 15.1. The van der Waals surface area contributed by atoms with Gasteiger partial charge in [-0.1, -0.05) is 0 Å². The quantitative estimate of drug-likeness (QED) is 0.610. The molecule has 5 rings (SSSR count).